The number of aromatic nitrogens is 2. The summed E-state index contributed by atoms with van der Waals surface area (Å²) in [6, 6.07) is 15.3. The lowest BCUT2D eigenvalue weighted by molar-refractivity contribution is 0.0930. The van der Waals surface area contributed by atoms with Crippen molar-refractivity contribution < 1.29 is 14.3 Å². The van der Waals surface area contributed by atoms with E-state index in [4.69, 9.17) is 10.5 Å². The number of hydrogen-bond donors (Lipinski definition) is 3. The maximum atomic E-state index is 13.2. The summed E-state index contributed by atoms with van der Waals surface area (Å²) in [5.41, 5.74) is 10.6. The predicted octanol–water partition coefficient (Wildman–Crippen LogP) is 4.87. The van der Waals surface area contributed by atoms with Gasteiger partial charge in [0.2, 0.25) is 0 Å². The Morgan fingerprint density at radius 3 is 2.60 bits per heavy atom. The molecule has 0 spiro atoms. The van der Waals surface area contributed by atoms with E-state index >= 15 is 0 Å². The topological polar surface area (TPSA) is 118 Å². The molecule has 43 heavy (non-hydrogen) atoms. The van der Waals surface area contributed by atoms with Gasteiger partial charge in [-0.25, -0.2) is 4.98 Å². The fourth-order valence-corrected chi connectivity index (χ4v) is 6.23. The number of nitrogens with zero attached hydrogens (tertiary/aromatic N) is 4. The first-order valence-electron chi connectivity index (χ1n) is 14.0. The Labute approximate surface area is 255 Å². The molecule has 4 N–H and O–H groups in total. The van der Waals surface area contributed by atoms with E-state index in [0.717, 1.165) is 46.2 Å². The second kappa shape index (κ2) is 12.8. The number of para-hydroxylation sites is 1. The second-order valence-corrected chi connectivity index (χ2v) is 11.7. The smallest absolute Gasteiger partial charge is 0.272 e. The van der Waals surface area contributed by atoms with Gasteiger partial charge >= 0.3 is 0 Å². The zero-order chi connectivity index (χ0) is 30.7. The van der Waals surface area contributed by atoms with Crippen molar-refractivity contribution in [2.24, 2.45) is 7.05 Å². The number of rotatable bonds is 11. The van der Waals surface area contributed by atoms with E-state index < -0.39 is 0 Å². The third kappa shape index (κ3) is 6.34. The molecule has 0 bridgehead atoms. The van der Waals surface area contributed by atoms with Crippen molar-refractivity contribution in [1.29, 1.82) is 0 Å². The molecule has 11 heteroatoms. The number of thiophene rings is 1. The van der Waals surface area contributed by atoms with Gasteiger partial charge in [0.05, 0.1) is 29.7 Å². The number of fused-ring (bicyclic) bond motifs is 2. The van der Waals surface area contributed by atoms with Gasteiger partial charge in [-0.05, 0) is 69.3 Å². The largest absolute Gasteiger partial charge is 0.495 e. The van der Waals surface area contributed by atoms with Crippen LogP contribution in [0.5, 0.6) is 5.75 Å². The molecule has 0 atom stereocenters. The van der Waals surface area contributed by atoms with Crippen molar-refractivity contribution in [3.05, 3.63) is 71.4 Å². The van der Waals surface area contributed by atoms with Crippen molar-refractivity contribution in [3.8, 4) is 16.9 Å². The first-order chi connectivity index (χ1) is 20.7. The number of nitrogens with two attached hydrogens (primary N) is 1. The van der Waals surface area contributed by atoms with Crippen LogP contribution in [0.1, 0.15) is 27.3 Å². The number of aryl methyl sites for hydroxylation is 1. The molecule has 0 saturated heterocycles. The van der Waals surface area contributed by atoms with Crippen LogP contribution in [-0.4, -0.2) is 79.2 Å². The van der Waals surface area contributed by atoms with Crippen molar-refractivity contribution >= 4 is 55.6 Å². The van der Waals surface area contributed by atoms with Crippen LogP contribution in [0.15, 0.2) is 60.1 Å². The lowest BCUT2D eigenvalue weighted by Crippen LogP contribution is -2.36. The monoisotopic (exact) mass is 599 g/mol. The highest BCUT2D eigenvalue weighted by molar-refractivity contribution is 7.18. The van der Waals surface area contributed by atoms with E-state index in [1.54, 1.807) is 7.11 Å². The fourth-order valence-electron chi connectivity index (χ4n) is 5.13. The Morgan fingerprint density at radius 2 is 1.86 bits per heavy atom. The average Bonchev–Trinajstić information content (AvgIpc) is 3.59. The van der Waals surface area contributed by atoms with E-state index in [1.807, 2.05) is 86.7 Å². The molecule has 10 nitrogen and oxygen atoms in total. The summed E-state index contributed by atoms with van der Waals surface area (Å²) in [6.07, 6.45) is 2.54. The SMILES string of the molecule is COc1cc(-c2csc3c(C(=O)NCN(C)CCCN(C)C)cnc(N)c23)ccc1NC(=O)c1cc2ccccc2n1C. The second-order valence-electron chi connectivity index (χ2n) is 10.8. The molecule has 0 unspecified atom stereocenters. The molecule has 3 heterocycles. The van der Waals surface area contributed by atoms with Gasteiger partial charge < -0.3 is 30.6 Å². The molecule has 3 aromatic heterocycles. The molecule has 0 aliphatic carbocycles. The minimum Gasteiger partial charge on any atom is -0.495 e. The number of anilines is 2. The van der Waals surface area contributed by atoms with Crippen molar-refractivity contribution in [3.63, 3.8) is 0 Å². The number of hydrogen-bond acceptors (Lipinski definition) is 8. The number of amides is 2. The maximum absolute atomic E-state index is 13.2. The third-order valence-electron chi connectivity index (χ3n) is 7.47. The van der Waals surface area contributed by atoms with Gasteiger partial charge in [-0.15, -0.1) is 11.3 Å². The molecule has 0 fully saturated rings. The van der Waals surface area contributed by atoms with Crippen LogP contribution >= 0.6 is 11.3 Å². The van der Waals surface area contributed by atoms with Crippen LogP contribution in [0.2, 0.25) is 0 Å². The number of methoxy groups -OCH3 is 1. The van der Waals surface area contributed by atoms with Crippen LogP contribution in [0.4, 0.5) is 11.5 Å². The van der Waals surface area contributed by atoms with Crippen molar-refractivity contribution in [2.75, 3.05) is 59.1 Å². The first-order valence-corrected chi connectivity index (χ1v) is 14.9. The van der Waals surface area contributed by atoms with Gasteiger partial charge in [-0.3, -0.25) is 14.5 Å². The standard InChI is InChI=1S/C32H37N7O3S/c1-37(2)13-8-14-38(3)19-35-31(40)22-17-34-30(33)28-23(18-43-29(22)28)20-11-12-24(27(16-20)42-5)36-32(41)26-15-21-9-6-7-10-25(21)39(26)4/h6-7,9-12,15-18H,8,13-14,19H2,1-5H3,(H2,33,34)(H,35,40)(H,36,41). The lowest BCUT2D eigenvalue weighted by Gasteiger charge is -2.18. The summed E-state index contributed by atoms with van der Waals surface area (Å²) < 4.78 is 8.31. The van der Waals surface area contributed by atoms with Gasteiger partial charge in [0, 0.05) is 41.6 Å². The summed E-state index contributed by atoms with van der Waals surface area (Å²) in [5, 5.41) is 9.67. The van der Waals surface area contributed by atoms with Crippen LogP contribution in [0.3, 0.4) is 0 Å². The number of nitrogen functional groups attached to an aromatic ring is 1. The van der Waals surface area contributed by atoms with Crippen molar-refractivity contribution in [1.82, 2.24) is 24.7 Å². The summed E-state index contributed by atoms with van der Waals surface area (Å²) in [5.74, 6) is 0.407. The van der Waals surface area contributed by atoms with E-state index in [2.05, 4.69) is 25.4 Å². The average molecular weight is 600 g/mol. The number of benzene rings is 2. The maximum Gasteiger partial charge on any atom is 0.272 e. The number of carbonyl (C=O) groups is 2. The number of nitrogens with one attached hydrogen (secondary N) is 2. The normalized spacial score (nSPS) is 11.5. The summed E-state index contributed by atoms with van der Waals surface area (Å²) in [6.45, 7) is 2.29. The molecule has 5 rings (SSSR count). The molecule has 224 valence electrons. The molecule has 0 radical (unpaired) electrons. The minimum atomic E-state index is -0.238. The molecule has 2 amide bonds. The van der Waals surface area contributed by atoms with Crippen LogP contribution in [-0.2, 0) is 7.05 Å². The van der Waals surface area contributed by atoms with Gasteiger partial charge in [0.15, 0.2) is 0 Å². The van der Waals surface area contributed by atoms with E-state index in [9.17, 15) is 9.59 Å². The number of carbonyl (C=O) groups excluding carboxylic acids is 2. The summed E-state index contributed by atoms with van der Waals surface area (Å²) in [7, 11) is 9.51. The Bertz CT molecular complexity index is 1790. The summed E-state index contributed by atoms with van der Waals surface area (Å²) >= 11 is 1.45. The fraction of sp³-hybridized carbons (Fsp3) is 0.281. The van der Waals surface area contributed by atoms with Crippen LogP contribution in [0, 0.1) is 0 Å². The Kier molecular flexibility index (Phi) is 8.95. The van der Waals surface area contributed by atoms with Gasteiger partial charge in [-0.2, -0.15) is 0 Å². The molecule has 0 saturated carbocycles. The Hall–Kier alpha value is -4.45. The third-order valence-corrected chi connectivity index (χ3v) is 8.48. The highest BCUT2D eigenvalue weighted by Gasteiger charge is 2.20. The Balaban J connectivity index is 1.36. The van der Waals surface area contributed by atoms with Gasteiger partial charge in [0.1, 0.15) is 17.3 Å². The molecule has 0 aliphatic heterocycles. The zero-order valence-corrected chi connectivity index (χ0v) is 25.9. The number of pyridine rings is 1. The molecule has 0 aliphatic rings. The lowest BCUT2D eigenvalue weighted by atomic mass is 10.0. The molecule has 5 aromatic rings. The van der Waals surface area contributed by atoms with E-state index in [0.29, 0.717) is 40.6 Å². The first kappa shape index (κ1) is 30.0. The summed E-state index contributed by atoms with van der Waals surface area (Å²) in [4.78, 5) is 35.0. The Morgan fingerprint density at radius 1 is 1.07 bits per heavy atom. The van der Waals surface area contributed by atoms with Gasteiger partial charge in [0.25, 0.3) is 11.8 Å². The van der Waals surface area contributed by atoms with Gasteiger partial charge in [-0.1, -0.05) is 24.3 Å². The van der Waals surface area contributed by atoms with E-state index in [-0.39, 0.29) is 11.8 Å². The zero-order valence-electron chi connectivity index (χ0n) is 25.1. The minimum absolute atomic E-state index is 0.200. The highest BCUT2D eigenvalue weighted by Crippen LogP contribution is 2.41. The van der Waals surface area contributed by atoms with Crippen LogP contribution < -0.4 is 21.1 Å². The van der Waals surface area contributed by atoms with Crippen LogP contribution in [0.25, 0.3) is 32.1 Å². The van der Waals surface area contributed by atoms with Crippen molar-refractivity contribution in [2.45, 2.75) is 6.42 Å². The molecular weight excluding hydrogens is 562 g/mol. The predicted molar refractivity (Wildman–Crippen MR) is 175 cm³/mol. The highest BCUT2D eigenvalue weighted by atomic mass is 32.1. The molecular formula is C32H37N7O3S. The van der Waals surface area contributed by atoms with E-state index in [1.165, 1.54) is 17.5 Å². The number of ether oxygens (including phenoxy) is 1. The quantitative estimate of drug-likeness (QED) is 0.186. The molecule has 2 aromatic carbocycles.